The third kappa shape index (κ3) is 2.25. The Morgan fingerprint density at radius 2 is 2.36 bits per heavy atom. The molecule has 1 aromatic heterocycles. The van der Waals surface area contributed by atoms with E-state index in [0.29, 0.717) is 5.69 Å². The molecule has 0 fully saturated rings. The molecule has 6 heteroatoms. The monoisotopic (exact) mass is 262 g/mol. The van der Waals surface area contributed by atoms with Crippen molar-refractivity contribution in [2.24, 2.45) is 0 Å². The smallest absolute Gasteiger partial charge is 0.407 e. The summed E-state index contributed by atoms with van der Waals surface area (Å²) in [5, 5.41) is 12.4. The number of amides is 1. The Morgan fingerprint density at radius 1 is 1.71 bits per heavy atom. The van der Waals surface area contributed by atoms with Crippen LogP contribution in [0.25, 0.3) is 0 Å². The van der Waals surface area contributed by atoms with Crippen LogP contribution in [0.4, 0.5) is 4.79 Å². The van der Waals surface area contributed by atoms with Crippen molar-refractivity contribution in [1.82, 2.24) is 10.1 Å². The molecule has 1 amide bonds. The van der Waals surface area contributed by atoms with E-state index in [4.69, 9.17) is 9.63 Å². The minimum absolute atomic E-state index is 0.222. The van der Waals surface area contributed by atoms with Crippen molar-refractivity contribution in [2.75, 3.05) is 7.05 Å². The summed E-state index contributed by atoms with van der Waals surface area (Å²) in [5.74, 6) is 0.735. The van der Waals surface area contributed by atoms with E-state index in [9.17, 15) is 4.79 Å². The second-order valence-corrected chi connectivity index (χ2v) is 3.65. The zero-order chi connectivity index (χ0) is 10.7. The van der Waals surface area contributed by atoms with Crippen molar-refractivity contribution in [2.45, 2.75) is 19.9 Å². The molecule has 0 aliphatic carbocycles. The first-order valence-electron chi connectivity index (χ1n) is 4.13. The summed E-state index contributed by atoms with van der Waals surface area (Å²) in [4.78, 5) is 11.7. The summed E-state index contributed by atoms with van der Waals surface area (Å²) in [5.41, 5.74) is 0.603. The molecule has 1 heterocycles. The van der Waals surface area contributed by atoms with Gasteiger partial charge in [-0.1, -0.05) is 12.1 Å². The lowest BCUT2D eigenvalue weighted by atomic mass is 10.3. The summed E-state index contributed by atoms with van der Waals surface area (Å²) in [6, 6.07) is 0. The van der Waals surface area contributed by atoms with Gasteiger partial charge in [-0.25, -0.2) is 4.79 Å². The van der Waals surface area contributed by atoms with Crippen molar-refractivity contribution >= 4 is 22.0 Å². The highest BCUT2D eigenvalue weighted by Crippen LogP contribution is 2.22. The molecular weight excluding hydrogens is 252 g/mol. The lowest BCUT2D eigenvalue weighted by molar-refractivity contribution is 0.152. The predicted molar refractivity (Wildman–Crippen MR) is 53.1 cm³/mol. The van der Waals surface area contributed by atoms with Crippen molar-refractivity contribution in [1.29, 1.82) is 0 Å². The van der Waals surface area contributed by atoms with E-state index in [1.54, 1.807) is 0 Å². The molecule has 0 spiro atoms. The Hall–Kier alpha value is -1.04. The normalized spacial score (nSPS) is 10.2. The van der Waals surface area contributed by atoms with Crippen LogP contribution < -0.4 is 0 Å². The fourth-order valence-corrected chi connectivity index (χ4v) is 1.51. The van der Waals surface area contributed by atoms with E-state index in [1.807, 2.05) is 6.92 Å². The van der Waals surface area contributed by atoms with Gasteiger partial charge in [0, 0.05) is 13.5 Å². The Morgan fingerprint density at radius 3 is 2.79 bits per heavy atom. The first-order chi connectivity index (χ1) is 6.56. The highest BCUT2D eigenvalue weighted by Gasteiger charge is 2.15. The number of aryl methyl sites for hydroxylation is 1. The van der Waals surface area contributed by atoms with Crippen LogP contribution in [0.15, 0.2) is 9.00 Å². The van der Waals surface area contributed by atoms with Gasteiger partial charge in [0.1, 0.15) is 5.69 Å². The molecule has 0 aliphatic heterocycles. The van der Waals surface area contributed by atoms with Crippen LogP contribution >= 0.6 is 15.9 Å². The molecule has 1 rings (SSSR count). The maximum absolute atomic E-state index is 10.5. The fourth-order valence-electron chi connectivity index (χ4n) is 0.962. The first-order valence-corrected chi connectivity index (χ1v) is 4.92. The second kappa shape index (κ2) is 4.45. The van der Waals surface area contributed by atoms with Gasteiger partial charge in [0.05, 0.1) is 11.0 Å². The summed E-state index contributed by atoms with van der Waals surface area (Å²) in [6.45, 7) is 2.16. The molecule has 0 aromatic carbocycles. The number of nitrogens with zero attached hydrogens (tertiary/aromatic N) is 2. The summed E-state index contributed by atoms with van der Waals surface area (Å²) >= 11 is 3.31. The van der Waals surface area contributed by atoms with Crippen LogP contribution in [0.1, 0.15) is 18.4 Å². The van der Waals surface area contributed by atoms with Gasteiger partial charge in [-0.2, -0.15) is 0 Å². The molecule has 0 unspecified atom stereocenters. The largest absolute Gasteiger partial charge is 0.465 e. The zero-order valence-electron chi connectivity index (χ0n) is 7.95. The number of halogens is 1. The number of hydrogen-bond donors (Lipinski definition) is 1. The summed E-state index contributed by atoms with van der Waals surface area (Å²) in [6.07, 6.45) is -0.261. The molecule has 0 saturated heterocycles. The average Bonchev–Trinajstić information content (AvgIpc) is 2.47. The Kier molecular flexibility index (Phi) is 3.51. The number of hydrogen-bond acceptors (Lipinski definition) is 3. The van der Waals surface area contributed by atoms with Gasteiger partial charge in [-0.15, -0.1) is 0 Å². The lowest BCUT2D eigenvalue weighted by Gasteiger charge is -2.09. The number of aromatic nitrogens is 1. The average molecular weight is 263 g/mol. The summed E-state index contributed by atoms with van der Waals surface area (Å²) < 4.78 is 5.77. The Bertz CT molecular complexity index is 337. The van der Waals surface area contributed by atoms with Gasteiger partial charge in [0.2, 0.25) is 0 Å². The van der Waals surface area contributed by atoms with E-state index >= 15 is 0 Å². The molecule has 0 bridgehead atoms. The zero-order valence-corrected chi connectivity index (χ0v) is 9.54. The van der Waals surface area contributed by atoms with Crippen LogP contribution in [0.5, 0.6) is 0 Å². The standard InChI is InChI=1S/C8H11BrN2O3/c1-3-6-7(9)5(10-14-6)4-11(2)8(12)13/h3-4H2,1-2H3,(H,12,13). The van der Waals surface area contributed by atoms with Gasteiger partial charge >= 0.3 is 6.09 Å². The second-order valence-electron chi connectivity index (χ2n) is 2.86. The van der Waals surface area contributed by atoms with Crippen LogP contribution in [0.3, 0.4) is 0 Å². The van der Waals surface area contributed by atoms with E-state index in [0.717, 1.165) is 21.6 Å². The molecule has 1 aromatic rings. The van der Waals surface area contributed by atoms with Gasteiger partial charge < -0.3 is 14.5 Å². The lowest BCUT2D eigenvalue weighted by Crippen LogP contribution is -2.24. The van der Waals surface area contributed by atoms with Gasteiger partial charge in [0.25, 0.3) is 0 Å². The quantitative estimate of drug-likeness (QED) is 0.906. The first kappa shape index (κ1) is 11.0. The molecule has 0 aliphatic rings. The van der Waals surface area contributed by atoms with Gasteiger partial charge in [0.15, 0.2) is 5.76 Å². The summed E-state index contributed by atoms with van der Waals surface area (Å²) in [7, 11) is 1.48. The minimum atomic E-state index is -0.988. The van der Waals surface area contributed by atoms with Crippen LogP contribution in [-0.4, -0.2) is 28.3 Å². The van der Waals surface area contributed by atoms with E-state index in [1.165, 1.54) is 7.05 Å². The van der Waals surface area contributed by atoms with Gasteiger partial charge in [-0.3, -0.25) is 0 Å². The van der Waals surface area contributed by atoms with Crippen LogP contribution in [0, 0.1) is 0 Å². The minimum Gasteiger partial charge on any atom is -0.465 e. The Balaban J connectivity index is 2.77. The number of carboxylic acid groups (broad SMARTS) is 1. The number of carbonyl (C=O) groups is 1. The maximum atomic E-state index is 10.5. The van der Waals surface area contributed by atoms with Crippen molar-refractivity contribution in [3.05, 3.63) is 15.9 Å². The van der Waals surface area contributed by atoms with Crippen LogP contribution in [-0.2, 0) is 13.0 Å². The molecular formula is C8H11BrN2O3. The van der Waals surface area contributed by atoms with E-state index in [2.05, 4.69) is 21.1 Å². The molecule has 0 atom stereocenters. The topological polar surface area (TPSA) is 66.6 Å². The highest BCUT2D eigenvalue weighted by molar-refractivity contribution is 9.10. The third-order valence-electron chi connectivity index (χ3n) is 1.80. The SMILES string of the molecule is CCc1onc(CN(C)C(=O)O)c1Br. The Labute approximate surface area is 89.8 Å². The molecule has 1 N–H and O–H groups in total. The third-order valence-corrected chi connectivity index (χ3v) is 2.70. The van der Waals surface area contributed by atoms with Crippen molar-refractivity contribution in [3.8, 4) is 0 Å². The molecule has 0 saturated carbocycles. The number of rotatable bonds is 3. The molecule has 78 valence electrons. The highest BCUT2D eigenvalue weighted by atomic mass is 79.9. The maximum Gasteiger partial charge on any atom is 0.407 e. The van der Waals surface area contributed by atoms with Crippen molar-refractivity contribution < 1.29 is 14.4 Å². The molecule has 14 heavy (non-hydrogen) atoms. The van der Waals surface area contributed by atoms with Gasteiger partial charge in [-0.05, 0) is 15.9 Å². The van der Waals surface area contributed by atoms with E-state index < -0.39 is 6.09 Å². The van der Waals surface area contributed by atoms with Crippen LogP contribution in [0.2, 0.25) is 0 Å². The fraction of sp³-hybridized carbons (Fsp3) is 0.500. The predicted octanol–water partition coefficient (Wildman–Crippen LogP) is 2.11. The molecule has 0 radical (unpaired) electrons. The molecule has 5 nitrogen and oxygen atoms in total. The van der Waals surface area contributed by atoms with E-state index in [-0.39, 0.29) is 6.54 Å². The van der Waals surface area contributed by atoms with Crippen molar-refractivity contribution in [3.63, 3.8) is 0 Å².